The number of rotatable bonds is 5. The van der Waals surface area contributed by atoms with Gasteiger partial charge in [-0.3, -0.25) is 10.1 Å². The number of carbonyl (C=O) groups is 2. The van der Waals surface area contributed by atoms with E-state index < -0.39 is 11.7 Å². The van der Waals surface area contributed by atoms with Crippen LogP contribution >= 0.6 is 0 Å². The van der Waals surface area contributed by atoms with Crippen molar-refractivity contribution < 1.29 is 19.1 Å². The second kappa shape index (κ2) is 7.24. The fourth-order valence-corrected chi connectivity index (χ4v) is 2.94. The lowest BCUT2D eigenvalue weighted by Crippen LogP contribution is -2.39. The van der Waals surface area contributed by atoms with E-state index in [9.17, 15) is 9.59 Å². The molecule has 132 valence electrons. The number of nitrogens with one attached hydrogen (secondary N) is 1. The van der Waals surface area contributed by atoms with E-state index in [1.54, 1.807) is 0 Å². The third kappa shape index (κ3) is 4.73. The van der Waals surface area contributed by atoms with Crippen LogP contribution in [0.4, 0.5) is 10.5 Å². The fraction of sp³-hybridized carbons (Fsp3) is 0.579. The van der Waals surface area contributed by atoms with E-state index >= 15 is 0 Å². The van der Waals surface area contributed by atoms with E-state index in [0.717, 1.165) is 37.7 Å². The first-order valence-electron chi connectivity index (χ1n) is 8.41. The van der Waals surface area contributed by atoms with Gasteiger partial charge in [0.2, 0.25) is 0 Å². The summed E-state index contributed by atoms with van der Waals surface area (Å²) in [6.45, 7) is 5.48. The molecule has 0 unspecified atom stereocenters. The van der Waals surface area contributed by atoms with Crippen molar-refractivity contribution in [3.8, 4) is 0 Å². The van der Waals surface area contributed by atoms with Crippen LogP contribution in [0.2, 0.25) is 0 Å². The Morgan fingerprint density at radius 2 is 1.79 bits per heavy atom. The molecule has 0 saturated heterocycles. The number of esters is 1. The van der Waals surface area contributed by atoms with Crippen molar-refractivity contribution in [3.63, 3.8) is 0 Å². The van der Waals surface area contributed by atoms with Gasteiger partial charge in [-0.25, -0.2) is 4.79 Å². The molecule has 1 fully saturated rings. The van der Waals surface area contributed by atoms with Gasteiger partial charge in [-0.05, 0) is 64.2 Å². The van der Waals surface area contributed by atoms with Gasteiger partial charge in [-0.1, -0.05) is 18.6 Å². The highest BCUT2D eigenvalue weighted by molar-refractivity contribution is 5.84. The van der Waals surface area contributed by atoms with Gasteiger partial charge in [0.1, 0.15) is 5.60 Å². The van der Waals surface area contributed by atoms with Crippen LogP contribution in [0.5, 0.6) is 0 Å². The normalized spacial score (nSPS) is 16.0. The SMILES string of the molecule is COC(=O)C1(CCc2ccc(NC(=O)OC(C)(C)C)cc2)CCC1. The summed E-state index contributed by atoms with van der Waals surface area (Å²) in [5.41, 5.74) is 1.02. The van der Waals surface area contributed by atoms with E-state index in [2.05, 4.69) is 5.32 Å². The highest BCUT2D eigenvalue weighted by Gasteiger charge is 2.44. The van der Waals surface area contributed by atoms with Crippen molar-refractivity contribution in [2.75, 3.05) is 12.4 Å². The van der Waals surface area contributed by atoms with Crippen LogP contribution in [-0.4, -0.2) is 24.8 Å². The summed E-state index contributed by atoms with van der Waals surface area (Å²) < 4.78 is 10.2. The summed E-state index contributed by atoms with van der Waals surface area (Å²) in [6.07, 6.45) is 4.08. The van der Waals surface area contributed by atoms with E-state index in [1.165, 1.54) is 7.11 Å². The number of anilines is 1. The predicted octanol–water partition coefficient (Wildman–Crippen LogP) is 4.31. The van der Waals surface area contributed by atoms with Crippen LogP contribution in [0.3, 0.4) is 0 Å². The van der Waals surface area contributed by atoms with Crippen molar-refractivity contribution in [3.05, 3.63) is 29.8 Å². The van der Waals surface area contributed by atoms with Crippen LogP contribution in [0.15, 0.2) is 24.3 Å². The van der Waals surface area contributed by atoms with Crippen molar-refractivity contribution in [2.24, 2.45) is 5.41 Å². The van der Waals surface area contributed by atoms with Crippen LogP contribution < -0.4 is 5.32 Å². The van der Waals surface area contributed by atoms with Gasteiger partial charge in [0.15, 0.2) is 0 Å². The van der Waals surface area contributed by atoms with Crippen LogP contribution in [0, 0.1) is 5.41 Å². The van der Waals surface area contributed by atoms with E-state index in [-0.39, 0.29) is 11.4 Å². The van der Waals surface area contributed by atoms with Gasteiger partial charge >= 0.3 is 12.1 Å². The minimum Gasteiger partial charge on any atom is -0.469 e. The van der Waals surface area contributed by atoms with Crippen LogP contribution in [0.1, 0.15) is 52.0 Å². The molecular formula is C19H27NO4. The molecule has 1 aliphatic carbocycles. The predicted molar refractivity (Wildman–Crippen MR) is 92.9 cm³/mol. The molecule has 1 aliphatic rings. The van der Waals surface area contributed by atoms with Gasteiger partial charge in [0, 0.05) is 5.69 Å². The third-order valence-electron chi connectivity index (χ3n) is 4.42. The van der Waals surface area contributed by atoms with Gasteiger partial charge < -0.3 is 9.47 Å². The fourth-order valence-electron chi connectivity index (χ4n) is 2.94. The van der Waals surface area contributed by atoms with Gasteiger partial charge in [-0.2, -0.15) is 0 Å². The standard InChI is InChI=1S/C19H27NO4/c1-18(2,3)24-17(22)20-15-8-6-14(7-9-15)10-13-19(11-5-12-19)16(21)23-4/h6-9H,5,10-13H2,1-4H3,(H,20,22). The third-order valence-corrected chi connectivity index (χ3v) is 4.42. The summed E-state index contributed by atoms with van der Waals surface area (Å²) in [5.74, 6) is -0.0861. The number of hydrogen-bond acceptors (Lipinski definition) is 4. The summed E-state index contributed by atoms with van der Waals surface area (Å²) in [6, 6.07) is 7.64. The molecule has 1 aromatic carbocycles. The number of methoxy groups -OCH3 is 1. The smallest absolute Gasteiger partial charge is 0.412 e. The highest BCUT2D eigenvalue weighted by Crippen LogP contribution is 2.45. The Morgan fingerprint density at radius 1 is 1.17 bits per heavy atom. The molecule has 0 aliphatic heterocycles. The zero-order chi connectivity index (χ0) is 17.8. The zero-order valence-corrected chi connectivity index (χ0v) is 15.0. The van der Waals surface area contributed by atoms with Crippen molar-refractivity contribution in [1.82, 2.24) is 0 Å². The zero-order valence-electron chi connectivity index (χ0n) is 15.0. The summed E-state index contributed by atoms with van der Waals surface area (Å²) >= 11 is 0. The van der Waals surface area contributed by atoms with E-state index in [4.69, 9.17) is 9.47 Å². The summed E-state index contributed by atoms with van der Waals surface area (Å²) in [5, 5.41) is 2.71. The van der Waals surface area contributed by atoms with E-state index in [1.807, 2.05) is 45.0 Å². The molecule has 2 rings (SSSR count). The monoisotopic (exact) mass is 333 g/mol. The average molecular weight is 333 g/mol. The second-order valence-electron chi connectivity index (χ2n) is 7.45. The Morgan fingerprint density at radius 3 is 2.25 bits per heavy atom. The molecule has 0 bridgehead atoms. The molecule has 1 amide bonds. The Kier molecular flexibility index (Phi) is 5.52. The number of ether oxygens (including phenoxy) is 2. The summed E-state index contributed by atoms with van der Waals surface area (Å²) in [7, 11) is 1.46. The number of aryl methyl sites for hydroxylation is 1. The Balaban J connectivity index is 1.88. The molecule has 0 radical (unpaired) electrons. The van der Waals surface area contributed by atoms with Crippen molar-refractivity contribution in [1.29, 1.82) is 0 Å². The van der Waals surface area contributed by atoms with Gasteiger partial charge in [-0.15, -0.1) is 0 Å². The molecule has 24 heavy (non-hydrogen) atoms. The maximum Gasteiger partial charge on any atom is 0.412 e. The van der Waals surface area contributed by atoms with Crippen LogP contribution in [-0.2, 0) is 20.7 Å². The molecule has 0 heterocycles. The minimum atomic E-state index is -0.519. The van der Waals surface area contributed by atoms with E-state index in [0.29, 0.717) is 5.69 Å². The minimum absolute atomic E-state index is 0.0861. The highest BCUT2D eigenvalue weighted by atomic mass is 16.6. The van der Waals surface area contributed by atoms with Gasteiger partial charge in [0.25, 0.3) is 0 Å². The van der Waals surface area contributed by atoms with Gasteiger partial charge in [0.05, 0.1) is 12.5 Å². The maximum atomic E-state index is 11.9. The Labute approximate surface area is 143 Å². The number of carbonyl (C=O) groups excluding carboxylic acids is 2. The number of amides is 1. The molecule has 1 N–H and O–H groups in total. The molecule has 0 aromatic heterocycles. The van der Waals surface area contributed by atoms with Crippen molar-refractivity contribution in [2.45, 2.75) is 58.5 Å². The lowest BCUT2D eigenvalue weighted by molar-refractivity contribution is -0.159. The quantitative estimate of drug-likeness (QED) is 0.816. The number of hydrogen-bond donors (Lipinski definition) is 1. The van der Waals surface area contributed by atoms with Crippen LogP contribution in [0.25, 0.3) is 0 Å². The first-order chi connectivity index (χ1) is 11.2. The Bertz CT molecular complexity index is 582. The molecular weight excluding hydrogens is 306 g/mol. The molecule has 1 saturated carbocycles. The largest absolute Gasteiger partial charge is 0.469 e. The molecule has 5 heteroatoms. The average Bonchev–Trinajstić information content (AvgIpc) is 2.45. The molecule has 1 aromatic rings. The maximum absolute atomic E-state index is 11.9. The van der Waals surface area contributed by atoms with Crippen molar-refractivity contribution >= 4 is 17.7 Å². The first-order valence-corrected chi connectivity index (χ1v) is 8.41. The molecule has 0 spiro atoms. The lowest BCUT2D eigenvalue weighted by Gasteiger charge is -2.39. The first kappa shape index (κ1) is 18.3. The lowest BCUT2D eigenvalue weighted by atomic mass is 9.65. The molecule has 5 nitrogen and oxygen atoms in total. The number of benzene rings is 1. The second-order valence-corrected chi connectivity index (χ2v) is 7.45. The Hall–Kier alpha value is -2.04. The molecule has 0 atom stereocenters. The topological polar surface area (TPSA) is 64.6 Å². The summed E-state index contributed by atoms with van der Waals surface area (Å²) in [4.78, 5) is 23.7.